The van der Waals surface area contributed by atoms with Gasteiger partial charge in [0.15, 0.2) is 5.13 Å². The van der Waals surface area contributed by atoms with E-state index in [-0.39, 0.29) is 11.6 Å². The van der Waals surface area contributed by atoms with E-state index in [0.29, 0.717) is 16.8 Å². The highest BCUT2D eigenvalue weighted by Gasteiger charge is 2.15. The molecule has 0 saturated carbocycles. The first kappa shape index (κ1) is 17.2. The molecule has 0 saturated heterocycles. The van der Waals surface area contributed by atoms with Gasteiger partial charge in [-0.25, -0.2) is 9.97 Å². The van der Waals surface area contributed by atoms with E-state index in [1.807, 2.05) is 31.2 Å². The maximum Gasteiger partial charge on any atom is 0.276 e. The topological polar surface area (TPSA) is 87.9 Å². The number of methoxy groups -OCH3 is 1. The lowest BCUT2D eigenvalue weighted by Crippen LogP contribution is -2.14. The number of fused-ring (bicyclic) bond motifs is 1. The number of hydrogen-bond donors (Lipinski definition) is 1. The molecule has 0 aliphatic carbocycles. The highest BCUT2D eigenvalue weighted by atomic mass is 32.2. The van der Waals surface area contributed by atoms with Gasteiger partial charge in [0.1, 0.15) is 5.69 Å². The van der Waals surface area contributed by atoms with Crippen LogP contribution >= 0.6 is 23.1 Å². The van der Waals surface area contributed by atoms with E-state index in [1.54, 1.807) is 6.07 Å². The number of nitrogens with one attached hydrogen (secondary N) is 1. The molecule has 2 heterocycles. The van der Waals surface area contributed by atoms with Crippen molar-refractivity contribution in [2.24, 2.45) is 0 Å². The first-order chi connectivity index (χ1) is 12.1. The predicted octanol–water partition coefficient (Wildman–Crippen LogP) is 3.88. The Morgan fingerprint density at radius 3 is 2.96 bits per heavy atom. The number of aryl methyl sites for hydroxylation is 1. The number of nitriles is 1. The number of carbonyl (C=O) groups is 1. The van der Waals surface area contributed by atoms with Crippen LogP contribution in [0.2, 0.25) is 0 Å². The average Bonchev–Trinajstić information content (AvgIpc) is 2.97. The fraction of sp³-hybridized carbons (Fsp3) is 0.176. The molecule has 3 rings (SSSR count). The maximum atomic E-state index is 12.5. The number of nitrogens with zero attached hydrogens (tertiary/aromatic N) is 3. The third kappa shape index (κ3) is 3.73. The van der Waals surface area contributed by atoms with Crippen molar-refractivity contribution in [3.05, 3.63) is 41.7 Å². The molecule has 8 heteroatoms. The number of aromatic nitrogens is 2. The molecule has 2 aromatic heterocycles. The van der Waals surface area contributed by atoms with Crippen molar-refractivity contribution in [3.8, 4) is 11.9 Å². The van der Waals surface area contributed by atoms with Crippen LogP contribution in [0.3, 0.4) is 0 Å². The highest BCUT2D eigenvalue weighted by Crippen LogP contribution is 2.32. The molecule has 126 valence electrons. The number of benzene rings is 1. The summed E-state index contributed by atoms with van der Waals surface area (Å²) in [5.41, 5.74) is 1.05. The first-order valence-electron chi connectivity index (χ1n) is 7.34. The molecule has 0 aliphatic rings. The van der Waals surface area contributed by atoms with Crippen molar-refractivity contribution in [3.63, 3.8) is 0 Å². The Kier molecular flexibility index (Phi) is 5.16. The molecule has 0 unspecified atom stereocenters. The summed E-state index contributed by atoms with van der Waals surface area (Å²) in [5.74, 6) is 0.401. The van der Waals surface area contributed by atoms with Crippen LogP contribution in [0.4, 0.5) is 5.13 Å². The lowest BCUT2D eigenvalue weighted by atomic mass is 10.1. The van der Waals surface area contributed by atoms with Crippen molar-refractivity contribution >= 4 is 44.9 Å². The smallest absolute Gasteiger partial charge is 0.276 e. The predicted molar refractivity (Wildman–Crippen MR) is 99.4 cm³/mol. The van der Waals surface area contributed by atoms with Crippen LogP contribution in [0.25, 0.3) is 10.8 Å². The summed E-state index contributed by atoms with van der Waals surface area (Å²) in [6.07, 6.45) is 0. The van der Waals surface area contributed by atoms with Crippen LogP contribution < -0.4 is 10.1 Å². The van der Waals surface area contributed by atoms with Crippen LogP contribution in [-0.4, -0.2) is 28.7 Å². The Balaban J connectivity index is 1.86. The number of amides is 1. The summed E-state index contributed by atoms with van der Waals surface area (Å²) in [4.78, 5) is 21.2. The zero-order chi connectivity index (χ0) is 17.8. The van der Waals surface area contributed by atoms with Gasteiger partial charge in [-0.15, -0.1) is 0 Å². The number of anilines is 1. The lowest BCUT2D eigenvalue weighted by molar-refractivity contribution is 0.102. The van der Waals surface area contributed by atoms with Crippen LogP contribution in [0.15, 0.2) is 34.5 Å². The average molecular weight is 370 g/mol. The van der Waals surface area contributed by atoms with Gasteiger partial charge in [-0.2, -0.15) is 5.26 Å². The highest BCUT2D eigenvalue weighted by molar-refractivity contribution is 8.01. The van der Waals surface area contributed by atoms with Crippen molar-refractivity contribution in [1.29, 1.82) is 5.26 Å². The number of rotatable bonds is 5. The molecule has 3 aromatic rings. The number of thioether (sulfide) groups is 1. The second kappa shape index (κ2) is 7.51. The molecular weight excluding hydrogens is 356 g/mol. The molecule has 1 N–H and O–H groups in total. The molecule has 0 radical (unpaired) electrons. The molecule has 6 nitrogen and oxygen atoms in total. The molecule has 0 aliphatic heterocycles. The van der Waals surface area contributed by atoms with E-state index in [9.17, 15) is 4.79 Å². The number of hydrogen-bond acceptors (Lipinski definition) is 7. The minimum atomic E-state index is -0.352. The van der Waals surface area contributed by atoms with Crippen LogP contribution in [0.5, 0.6) is 5.88 Å². The van der Waals surface area contributed by atoms with E-state index < -0.39 is 0 Å². The number of thiazole rings is 1. The standard InChI is InChI=1S/C17H14N4O2S2/c1-10-16(24-8-7-18)25-17(19-10)21-14(22)13-9-11-5-3-4-6-12(11)15(20-13)23-2/h3-6,9H,8H2,1-2H3,(H,19,21,22). The second-order valence-corrected chi connectivity index (χ2v) is 7.27. The maximum absolute atomic E-state index is 12.5. The monoisotopic (exact) mass is 370 g/mol. The van der Waals surface area contributed by atoms with Crippen LogP contribution in [0.1, 0.15) is 16.2 Å². The van der Waals surface area contributed by atoms with E-state index in [4.69, 9.17) is 10.00 Å². The molecule has 0 spiro atoms. The van der Waals surface area contributed by atoms with Gasteiger partial charge in [0.2, 0.25) is 5.88 Å². The van der Waals surface area contributed by atoms with Crippen molar-refractivity contribution in [1.82, 2.24) is 9.97 Å². The van der Waals surface area contributed by atoms with E-state index in [2.05, 4.69) is 21.4 Å². The summed E-state index contributed by atoms with van der Waals surface area (Å²) in [7, 11) is 1.53. The number of pyridine rings is 1. The second-order valence-electron chi connectivity index (χ2n) is 5.03. The van der Waals surface area contributed by atoms with Gasteiger partial charge < -0.3 is 4.74 Å². The molecule has 0 fully saturated rings. The summed E-state index contributed by atoms with van der Waals surface area (Å²) < 4.78 is 6.22. The van der Waals surface area contributed by atoms with Gasteiger partial charge in [0.25, 0.3) is 5.91 Å². The van der Waals surface area contributed by atoms with Crippen molar-refractivity contribution in [2.75, 3.05) is 18.2 Å². The number of ether oxygens (including phenoxy) is 1. The Hall–Kier alpha value is -2.63. The van der Waals surface area contributed by atoms with Gasteiger partial charge in [-0.1, -0.05) is 41.3 Å². The SMILES string of the molecule is COc1nc(C(=O)Nc2nc(C)c(SCC#N)s2)cc2ccccc12. The summed E-state index contributed by atoms with van der Waals surface area (Å²) in [5, 5.41) is 13.7. The van der Waals surface area contributed by atoms with Gasteiger partial charge >= 0.3 is 0 Å². The summed E-state index contributed by atoms with van der Waals surface area (Å²) in [6, 6.07) is 11.4. The van der Waals surface area contributed by atoms with Gasteiger partial charge in [-0.3, -0.25) is 10.1 Å². The lowest BCUT2D eigenvalue weighted by Gasteiger charge is -2.07. The molecule has 25 heavy (non-hydrogen) atoms. The minimum absolute atomic E-state index is 0.259. The fourth-order valence-electron chi connectivity index (χ4n) is 2.27. The van der Waals surface area contributed by atoms with Crippen LogP contribution in [0, 0.1) is 18.3 Å². The normalized spacial score (nSPS) is 10.4. The molecular formula is C17H14N4O2S2. The van der Waals surface area contributed by atoms with Crippen molar-refractivity contribution in [2.45, 2.75) is 11.1 Å². The first-order valence-corrected chi connectivity index (χ1v) is 9.15. The minimum Gasteiger partial charge on any atom is -0.481 e. The molecule has 0 bridgehead atoms. The van der Waals surface area contributed by atoms with Gasteiger partial charge in [-0.05, 0) is 24.4 Å². The molecule has 1 amide bonds. The number of carbonyl (C=O) groups excluding carboxylic acids is 1. The zero-order valence-corrected chi connectivity index (χ0v) is 15.2. The van der Waals surface area contributed by atoms with E-state index in [1.165, 1.54) is 30.2 Å². The van der Waals surface area contributed by atoms with E-state index >= 15 is 0 Å². The van der Waals surface area contributed by atoms with Crippen molar-refractivity contribution < 1.29 is 9.53 Å². The third-order valence-electron chi connectivity index (χ3n) is 3.37. The largest absolute Gasteiger partial charge is 0.481 e. The zero-order valence-electron chi connectivity index (χ0n) is 13.6. The summed E-state index contributed by atoms with van der Waals surface area (Å²) >= 11 is 2.75. The van der Waals surface area contributed by atoms with E-state index in [0.717, 1.165) is 20.7 Å². The van der Waals surface area contributed by atoms with Crippen LogP contribution in [-0.2, 0) is 0 Å². The summed E-state index contributed by atoms with van der Waals surface area (Å²) in [6.45, 7) is 1.85. The Morgan fingerprint density at radius 1 is 1.40 bits per heavy atom. The van der Waals surface area contributed by atoms with Gasteiger partial charge in [0.05, 0.1) is 28.8 Å². The quantitative estimate of drug-likeness (QED) is 0.686. The fourth-order valence-corrected chi connectivity index (χ4v) is 4.06. The third-order valence-corrected chi connectivity index (χ3v) is 5.68. The van der Waals surface area contributed by atoms with Gasteiger partial charge in [0, 0.05) is 5.39 Å². The molecule has 0 atom stereocenters. The Morgan fingerprint density at radius 2 is 2.20 bits per heavy atom. The Labute approximate surface area is 152 Å². The Bertz CT molecular complexity index is 978. The molecule has 1 aromatic carbocycles.